The number of nitrogens with two attached hydrogens (primary N) is 1. The average molecular weight is 302 g/mol. The Morgan fingerprint density at radius 1 is 0.957 bits per heavy atom. The van der Waals surface area contributed by atoms with Crippen molar-refractivity contribution in [2.24, 2.45) is 7.05 Å². The Balaban J connectivity index is 2.28. The molecule has 3 N–H and O–H groups in total. The molecular weight excluding hydrogens is 284 g/mol. The maximum absolute atomic E-state index is 10.3. The number of phenols is 1. The van der Waals surface area contributed by atoms with Gasteiger partial charge in [0.15, 0.2) is 0 Å². The van der Waals surface area contributed by atoms with E-state index in [1.165, 1.54) is 0 Å². The van der Waals surface area contributed by atoms with Crippen molar-refractivity contribution < 1.29 is 5.11 Å². The topological polar surface area (TPSA) is 51.2 Å². The molecule has 0 saturated heterocycles. The Kier molecular flexibility index (Phi) is 2.85. The molecule has 114 valence electrons. The van der Waals surface area contributed by atoms with Crippen LogP contribution in [0.4, 0.5) is 5.69 Å². The molecule has 0 spiro atoms. The summed E-state index contributed by atoms with van der Waals surface area (Å²) in [7, 11) is 2.04. The normalized spacial score (nSPS) is 11.4. The van der Waals surface area contributed by atoms with E-state index >= 15 is 0 Å². The minimum atomic E-state index is 0.283. The molecule has 0 radical (unpaired) electrons. The van der Waals surface area contributed by atoms with Crippen LogP contribution in [0.25, 0.3) is 32.9 Å². The zero-order chi connectivity index (χ0) is 16.1. The highest BCUT2D eigenvalue weighted by molar-refractivity contribution is 6.18. The van der Waals surface area contributed by atoms with Crippen molar-refractivity contribution in [2.75, 3.05) is 5.73 Å². The molecule has 23 heavy (non-hydrogen) atoms. The Morgan fingerprint density at radius 2 is 1.65 bits per heavy atom. The second kappa shape index (κ2) is 4.78. The summed E-state index contributed by atoms with van der Waals surface area (Å²) in [5.74, 6) is 0.283. The summed E-state index contributed by atoms with van der Waals surface area (Å²) in [6.07, 6.45) is 0. The van der Waals surface area contributed by atoms with Crippen LogP contribution >= 0.6 is 0 Å². The number of aryl methyl sites for hydroxylation is 2. The first kappa shape index (κ1) is 13.7. The molecule has 0 aliphatic carbocycles. The van der Waals surface area contributed by atoms with Gasteiger partial charge in [-0.2, -0.15) is 0 Å². The number of benzene rings is 3. The lowest BCUT2D eigenvalue weighted by molar-refractivity contribution is 0.477. The van der Waals surface area contributed by atoms with Gasteiger partial charge in [0.25, 0.3) is 0 Å². The zero-order valence-corrected chi connectivity index (χ0v) is 13.2. The van der Waals surface area contributed by atoms with E-state index in [2.05, 4.69) is 22.8 Å². The van der Waals surface area contributed by atoms with Crippen molar-refractivity contribution in [1.82, 2.24) is 4.57 Å². The van der Waals surface area contributed by atoms with Gasteiger partial charge < -0.3 is 15.4 Å². The fourth-order valence-electron chi connectivity index (χ4n) is 3.45. The summed E-state index contributed by atoms with van der Waals surface area (Å²) in [5, 5.41) is 12.6. The average Bonchev–Trinajstić information content (AvgIpc) is 2.86. The predicted molar refractivity (Wildman–Crippen MR) is 96.7 cm³/mol. The monoisotopic (exact) mass is 302 g/mol. The first-order valence-electron chi connectivity index (χ1n) is 7.64. The van der Waals surface area contributed by atoms with Crippen molar-refractivity contribution in [2.45, 2.75) is 6.92 Å². The van der Waals surface area contributed by atoms with Gasteiger partial charge in [0.1, 0.15) is 5.75 Å². The highest BCUT2D eigenvalue weighted by Gasteiger charge is 2.18. The summed E-state index contributed by atoms with van der Waals surface area (Å²) in [6, 6.07) is 17.8. The Bertz CT molecular complexity index is 1060. The third-order valence-corrected chi connectivity index (χ3v) is 4.61. The third-order valence-electron chi connectivity index (χ3n) is 4.61. The molecule has 0 bridgehead atoms. The Hall–Kier alpha value is -2.94. The van der Waals surface area contributed by atoms with Crippen LogP contribution in [-0.4, -0.2) is 9.67 Å². The number of rotatable bonds is 1. The first-order chi connectivity index (χ1) is 11.1. The number of para-hydroxylation sites is 2. The fraction of sp³-hybridized carbons (Fsp3) is 0.100. The fourth-order valence-corrected chi connectivity index (χ4v) is 3.45. The highest BCUT2D eigenvalue weighted by atomic mass is 16.3. The van der Waals surface area contributed by atoms with Gasteiger partial charge in [0.05, 0.1) is 11.2 Å². The van der Waals surface area contributed by atoms with Crippen molar-refractivity contribution in [1.29, 1.82) is 0 Å². The predicted octanol–water partition coefficient (Wildman–Crippen LogP) is 4.59. The Labute approximate surface area is 134 Å². The molecule has 0 fully saturated rings. The number of fused-ring (bicyclic) bond motifs is 3. The van der Waals surface area contributed by atoms with Crippen molar-refractivity contribution in [3.05, 3.63) is 60.2 Å². The second-order valence-electron chi connectivity index (χ2n) is 5.97. The summed E-state index contributed by atoms with van der Waals surface area (Å²) in [4.78, 5) is 0. The number of hydrogen-bond acceptors (Lipinski definition) is 2. The van der Waals surface area contributed by atoms with Crippen molar-refractivity contribution >= 4 is 27.5 Å². The molecule has 0 aliphatic rings. The number of hydrogen-bond donors (Lipinski definition) is 2. The van der Waals surface area contributed by atoms with Crippen LogP contribution < -0.4 is 5.73 Å². The molecule has 3 aromatic carbocycles. The molecule has 0 amide bonds. The van der Waals surface area contributed by atoms with Gasteiger partial charge in [0.2, 0.25) is 0 Å². The molecule has 4 rings (SSSR count). The summed E-state index contributed by atoms with van der Waals surface area (Å²) in [5.41, 5.74) is 12.2. The smallest absolute Gasteiger partial charge is 0.123 e. The van der Waals surface area contributed by atoms with Gasteiger partial charge in [-0.25, -0.2) is 0 Å². The van der Waals surface area contributed by atoms with Gasteiger partial charge in [-0.3, -0.25) is 0 Å². The van der Waals surface area contributed by atoms with E-state index in [1.807, 2.05) is 44.3 Å². The third kappa shape index (κ3) is 1.83. The van der Waals surface area contributed by atoms with E-state index in [4.69, 9.17) is 5.73 Å². The lowest BCUT2D eigenvalue weighted by Crippen LogP contribution is -1.97. The molecule has 0 atom stereocenters. The first-order valence-corrected chi connectivity index (χ1v) is 7.64. The van der Waals surface area contributed by atoms with Gasteiger partial charge >= 0.3 is 0 Å². The summed E-state index contributed by atoms with van der Waals surface area (Å²) >= 11 is 0. The van der Waals surface area contributed by atoms with Gasteiger partial charge in [-0.05, 0) is 36.2 Å². The van der Waals surface area contributed by atoms with Crippen LogP contribution in [0.2, 0.25) is 0 Å². The minimum absolute atomic E-state index is 0.283. The molecule has 0 aliphatic heterocycles. The zero-order valence-electron chi connectivity index (χ0n) is 13.2. The van der Waals surface area contributed by atoms with E-state index < -0.39 is 0 Å². The van der Waals surface area contributed by atoms with Crippen LogP contribution in [0, 0.1) is 6.92 Å². The number of nitrogens with zero attached hydrogens (tertiary/aromatic N) is 1. The number of aromatic hydroxyl groups is 1. The maximum Gasteiger partial charge on any atom is 0.123 e. The largest absolute Gasteiger partial charge is 0.507 e. The molecular formula is C20H18N2O. The summed E-state index contributed by atoms with van der Waals surface area (Å²) < 4.78 is 2.14. The molecule has 0 saturated carbocycles. The quantitative estimate of drug-likeness (QED) is 0.505. The second-order valence-corrected chi connectivity index (χ2v) is 5.97. The molecule has 3 heteroatoms. The molecule has 1 aromatic heterocycles. The SMILES string of the molecule is Cc1cc(-c2ccccc2O)c2c3ccccc3n(C)c2c1N. The molecule has 0 unspecified atom stereocenters. The number of nitrogen functional groups attached to an aromatic ring is 1. The van der Waals surface area contributed by atoms with Crippen LogP contribution in [-0.2, 0) is 7.05 Å². The highest BCUT2D eigenvalue weighted by Crippen LogP contribution is 2.42. The van der Waals surface area contributed by atoms with E-state index in [1.54, 1.807) is 6.07 Å². The number of aromatic nitrogens is 1. The van der Waals surface area contributed by atoms with Crippen LogP contribution in [0.15, 0.2) is 54.6 Å². The summed E-state index contributed by atoms with van der Waals surface area (Å²) in [6.45, 7) is 2.01. The molecule has 4 aromatic rings. The van der Waals surface area contributed by atoms with Gasteiger partial charge in [0, 0.05) is 28.9 Å². The van der Waals surface area contributed by atoms with Crippen LogP contribution in [0.5, 0.6) is 5.75 Å². The molecule has 3 nitrogen and oxygen atoms in total. The molecule has 1 heterocycles. The maximum atomic E-state index is 10.3. The lowest BCUT2D eigenvalue weighted by Gasteiger charge is -2.12. The lowest BCUT2D eigenvalue weighted by atomic mass is 9.95. The number of phenolic OH excluding ortho intramolecular Hbond substituents is 1. The van der Waals surface area contributed by atoms with Gasteiger partial charge in [-0.1, -0.05) is 36.4 Å². The van der Waals surface area contributed by atoms with E-state index in [9.17, 15) is 5.11 Å². The number of anilines is 1. The van der Waals surface area contributed by atoms with E-state index in [-0.39, 0.29) is 5.75 Å². The van der Waals surface area contributed by atoms with Crippen molar-refractivity contribution in [3.63, 3.8) is 0 Å². The van der Waals surface area contributed by atoms with E-state index in [0.717, 1.165) is 44.2 Å². The standard InChI is InChI=1S/C20H18N2O/c1-12-11-15(13-7-4-6-10-17(13)23)18-14-8-3-5-9-16(14)22(2)20(18)19(12)21/h3-11,23H,21H2,1-2H3. The van der Waals surface area contributed by atoms with Crippen LogP contribution in [0.1, 0.15) is 5.56 Å². The van der Waals surface area contributed by atoms with Crippen LogP contribution in [0.3, 0.4) is 0 Å². The van der Waals surface area contributed by atoms with Crippen molar-refractivity contribution in [3.8, 4) is 16.9 Å². The van der Waals surface area contributed by atoms with E-state index in [0.29, 0.717) is 0 Å². The van der Waals surface area contributed by atoms with Gasteiger partial charge in [-0.15, -0.1) is 0 Å². The minimum Gasteiger partial charge on any atom is -0.507 e. The Morgan fingerprint density at radius 3 is 2.43 bits per heavy atom.